The smallest absolute Gasteiger partial charge is 0.240 e. The van der Waals surface area contributed by atoms with Gasteiger partial charge in [0.2, 0.25) is 11.8 Å². The summed E-state index contributed by atoms with van der Waals surface area (Å²) in [4.78, 5) is 26.7. The number of benzene rings is 1. The van der Waals surface area contributed by atoms with Crippen molar-refractivity contribution in [2.24, 2.45) is 0 Å². The normalized spacial score (nSPS) is 23.4. The number of nitrogens with zero attached hydrogens (tertiary/aromatic N) is 1. The zero-order valence-electron chi connectivity index (χ0n) is 15.9. The Hall–Kier alpha value is -1.63. The molecule has 0 spiro atoms. The second kappa shape index (κ2) is 10.6. The first-order valence-corrected chi connectivity index (χ1v) is 9.60. The quantitative estimate of drug-likeness (QED) is 0.793. The molecule has 0 unspecified atom stereocenters. The summed E-state index contributed by atoms with van der Waals surface area (Å²) in [7, 11) is 0. The van der Waals surface area contributed by atoms with Gasteiger partial charge in [0.25, 0.3) is 0 Å². The number of carbonyl (C=O) groups is 2. The Morgan fingerprint density at radius 1 is 1.22 bits per heavy atom. The number of hydrogen-bond acceptors (Lipinski definition) is 4. The Kier molecular flexibility index (Phi) is 8.54. The number of halogens is 1. The van der Waals surface area contributed by atoms with E-state index in [2.05, 4.69) is 22.8 Å². The summed E-state index contributed by atoms with van der Waals surface area (Å²) in [6.45, 7) is 4.70. The number of hydrogen-bond donors (Lipinski definition) is 2. The third-order valence-corrected chi connectivity index (χ3v) is 5.26. The summed E-state index contributed by atoms with van der Waals surface area (Å²) < 4.78 is 5.54. The molecule has 2 atom stereocenters. The molecule has 2 N–H and O–H groups in total. The van der Waals surface area contributed by atoms with Gasteiger partial charge in [-0.1, -0.05) is 30.3 Å². The van der Waals surface area contributed by atoms with Gasteiger partial charge in [-0.2, -0.15) is 0 Å². The lowest BCUT2D eigenvalue weighted by Crippen LogP contribution is -2.58. The zero-order valence-corrected chi connectivity index (χ0v) is 16.7. The predicted molar refractivity (Wildman–Crippen MR) is 107 cm³/mol. The van der Waals surface area contributed by atoms with E-state index >= 15 is 0 Å². The van der Waals surface area contributed by atoms with Crippen molar-refractivity contribution < 1.29 is 14.3 Å². The van der Waals surface area contributed by atoms with E-state index in [9.17, 15) is 9.59 Å². The van der Waals surface area contributed by atoms with Crippen molar-refractivity contribution in [3.05, 3.63) is 35.9 Å². The van der Waals surface area contributed by atoms with Gasteiger partial charge in [-0.3, -0.25) is 9.59 Å². The van der Waals surface area contributed by atoms with Crippen LogP contribution in [0.15, 0.2) is 30.3 Å². The predicted octanol–water partition coefficient (Wildman–Crippen LogP) is 1.53. The van der Waals surface area contributed by atoms with E-state index in [0.717, 1.165) is 19.3 Å². The topological polar surface area (TPSA) is 70.7 Å². The van der Waals surface area contributed by atoms with E-state index in [1.165, 1.54) is 5.56 Å². The van der Waals surface area contributed by atoms with Crippen LogP contribution >= 0.6 is 12.4 Å². The molecule has 150 valence electrons. The summed E-state index contributed by atoms with van der Waals surface area (Å²) in [5, 5.41) is 6.33. The molecule has 2 aliphatic rings. The van der Waals surface area contributed by atoms with Crippen LogP contribution in [0, 0.1) is 0 Å². The third-order valence-electron chi connectivity index (χ3n) is 5.26. The molecule has 1 aromatic carbocycles. The van der Waals surface area contributed by atoms with Gasteiger partial charge < -0.3 is 20.3 Å². The molecule has 0 bridgehead atoms. The van der Waals surface area contributed by atoms with Crippen molar-refractivity contribution >= 4 is 24.2 Å². The van der Waals surface area contributed by atoms with E-state index in [4.69, 9.17) is 4.74 Å². The van der Waals surface area contributed by atoms with E-state index in [1.807, 2.05) is 30.0 Å². The molecular weight excluding hydrogens is 366 g/mol. The number of morpholine rings is 1. The molecule has 2 aliphatic heterocycles. The number of aryl methyl sites for hydroxylation is 1. The number of ether oxygens (including phenoxy) is 1. The second-order valence-electron chi connectivity index (χ2n) is 7.16. The van der Waals surface area contributed by atoms with Gasteiger partial charge in [0.1, 0.15) is 6.04 Å². The van der Waals surface area contributed by atoms with Crippen molar-refractivity contribution in [2.45, 2.75) is 50.8 Å². The number of amides is 2. The van der Waals surface area contributed by atoms with Crippen LogP contribution in [-0.2, 0) is 20.7 Å². The molecule has 27 heavy (non-hydrogen) atoms. The van der Waals surface area contributed by atoms with Crippen LogP contribution in [0.1, 0.15) is 31.7 Å². The standard InChI is InChI=1S/C20H29N3O3.ClH/c1-15-19(21-11-14-26-15)20(25)22-17-9-12-23(13-10-17)18(24)8-7-16-5-3-2-4-6-16;/h2-6,15,17,19,21H,7-14H2,1H3,(H,22,25);1H/t15-,19+;/m1./s1. The number of rotatable bonds is 5. The van der Waals surface area contributed by atoms with Crippen molar-refractivity contribution in [2.75, 3.05) is 26.2 Å². The highest BCUT2D eigenvalue weighted by Gasteiger charge is 2.31. The van der Waals surface area contributed by atoms with Gasteiger partial charge in [0.05, 0.1) is 12.7 Å². The Morgan fingerprint density at radius 2 is 1.93 bits per heavy atom. The molecule has 3 rings (SSSR count). The molecule has 2 heterocycles. The highest BCUT2D eigenvalue weighted by molar-refractivity contribution is 5.85. The van der Waals surface area contributed by atoms with Crippen LogP contribution < -0.4 is 10.6 Å². The van der Waals surface area contributed by atoms with Gasteiger partial charge in [-0.15, -0.1) is 12.4 Å². The molecule has 0 aliphatic carbocycles. The Labute approximate surface area is 167 Å². The highest BCUT2D eigenvalue weighted by Crippen LogP contribution is 2.14. The molecule has 2 fully saturated rings. The molecular formula is C20H30ClN3O3. The van der Waals surface area contributed by atoms with E-state index < -0.39 is 0 Å². The van der Waals surface area contributed by atoms with E-state index in [0.29, 0.717) is 32.7 Å². The van der Waals surface area contributed by atoms with Crippen LogP contribution in [-0.4, -0.2) is 61.1 Å². The van der Waals surface area contributed by atoms with E-state index in [1.54, 1.807) is 0 Å². The van der Waals surface area contributed by atoms with Gasteiger partial charge in [0.15, 0.2) is 0 Å². The second-order valence-corrected chi connectivity index (χ2v) is 7.16. The Balaban J connectivity index is 0.00000261. The third kappa shape index (κ3) is 6.19. The molecule has 2 amide bonds. The molecule has 0 radical (unpaired) electrons. The summed E-state index contributed by atoms with van der Waals surface area (Å²) in [6, 6.07) is 9.95. The monoisotopic (exact) mass is 395 g/mol. The maximum absolute atomic E-state index is 12.4. The summed E-state index contributed by atoms with van der Waals surface area (Å²) in [6.07, 6.45) is 2.84. The zero-order chi connectivity index (χ0) is 18.4. The number of piperidine rings is 1. The van der Waals surface area contributed by atoms with Crippen LogP contribution in [0.3, 0.4) is 0 Å². The first-order chi connectivity index (χ1) is 12.6. The maximum atomic E-state index is 12.4. The lowest BCUT2D eigenvalue weighted by molar-refractivity contribution is -0.132. The van der Waals surface area contributed by atoms with Crippen molar-refractivity contribution in [1.29, 1.82) is 0 Å². The van der Waals surface area contributed by atoms with Crippen LogP contribution in [0.2, 0.25) is 0 Å². The first kappa shape index (κ1) is 21.7. The molecule has 1 aromatic rings. The fraction of sp³-hybridized carbons (Fsp3) is 0.600. The summed E-state index contributed by atoms with van der Waals surface area (Å²) in [5.74, 6) is 0.209. The molecule has 7 heteroatoms. The van der Waals surface area contributed by atoms with Crippen molar-refractivity contribution in [1.82, 2.24) is 15.5 Å². The largest absolute Gasteiger partial charge is 0.375 e. The minimum Gasteiger partial charge on any atom is -0.375 e. The van der Waals surface area contributed by atoms with Gasteiger partial charge >= 0.3 is 0 Å². The van der Waals surface area contributed by atoms with Crippen molar-refractivity contribution in [3.8, 4) is 0 Å². The molecule has 6 nitrogen and oxygen atoms in total. The fourth-order valence-corrected chi connectivity index (χ4v) is 3.65. The lowest BCUT2D eigenvalue weighted by atomic mass is 10.0. The maximum Gasteiger partial charge on any atom is 0.240 e. The van der Waals surface area contributed by atoms with Gasteiger partial charge in [-0.25, -0.2) is 0 Å². The average Bonchev–Trinajstić information content (AvgIpc) is 2.68. The molecule has 2 saturated heterocycles. The van der Waals surface area contributed by atoms with Crippen LogP contribution in [0.25, 0.3) is 0 Å². The van der Waals surface area contributed by atoms with Gasteiger partial charge in [-0.05, 0) is 31.7 Å². The molecule has 0 saturated carbocycles. The Morgan fingerprint density at radius 3 is 2.59 bits per heavy atom. The highest BCUT2D eigenvalue weighted by atomic mass is 35.5. The SMILES string of the molecule is C[C@H]1OCCN[C@@H]1C(=O)NC1CCN(C(=O)CCc2ccccc2)CC1.Cl. The first-order valence-electron chi connectivity index (χ1n) is 9.60. The minimum absolute atomic E-state index is 0. The average molecular weight is 396 g/mol. The number of likely N-dealkylation sites (tertiary alicyclic amines) is 1. The number of carbonyl (C=O) groups excluding carboxylic acids is 2. The van der Waals surface area contributed by atoms with Crippen LogP contribution in [0.5, 0.6) is 0 Å². The molecule has 0 aromatic heterocycles. The Bertz CT molecular complexity index is 606. The van der Waals surface area contributed by atoms with E-state index in [-0.39, 0.29) is 42.4 Å². The summed E-state index contributed by atoms with van der Waals surface area (Å²) >= 11 is 0. The number of nitrogens with one attached hydrogen (secondary N) is 2. The van der Waals surface area contributed by atoms with Gasteiger partial charge in [0, 0.05) is 32.1 Å². The minimum atomic E-state index is -0.283. The fourth-order valence-electron chi connectivity index (χ4n) is 3.65. The summed E-state index contributed by atoms with van der Waals surface area (Å²) in [5.41, 5.74) is 1.19. The van der Waals surface area contributed by atoms with Crippen molar-refractivity contribution in [3.63, 3.8) is 0 Å². The van der Waals surface area contributed by atoms with Crippen LogP contribution in [0.4, 0.5) is 0 Å². The lowest BCUT2D eigenvalue weighted by Gasteiger charge is -2.35.